The van der Waals surface area contributed by atoms with Crippen LogP contribution in [-0.2, 0) is 10.0 Å². The predicted octanol–water partition coefficient (Wildman–Crippen LogP) is 5.19. The zero-order chi connectivity index (χ0) is 17.9. The molecule has 1 aliphatic carbocycles. The second-order valence-electron chi connectivity index (χ2n) is 6.98. The SMILES string of the molecule is CC1CCC(C(NS(=O)(=O)c2ccc(Cl)cc2)c2ccccc2)CC1. The van der Waals surface area contributed by atoms with E-state index < -0.39 is 10.0 Å². The van der Waals surface area contributed by atoms with Crippen molar-refractivity contribution in [3.63, 3.8) is 0 Å². The monoisotopic (exact) mass is 377 g/mol. The summed E-state index contributed by atoms with van der Waals surface area (Å²) in [7, 11) is -3.60. The van der Waals surface area contributed by atoms with Crippen LogP contribution in [0, 0.1) is 11.8 Å². The van der Waals surface area contributed by atoms with E-state index in [1.807, 2.05) is 30.3 Å². The quantitative estimate of drug-likeness (QED) is 0.779. The fraction of sp³-hybridized carbons (Fsp3) is 0.400. The van der Waals surface area contributed by atoms with Gasteiger partial charge in [0.15, 0.2) is 0 Å². The third-order valence-electron chi connectivity index (χ3n) is 5.10. The van der Waals surface area contributed by atoms with Crippen LogP contribution in [0.25, 0.3) is 0 Å². The number of hydrogen-bond acceptors (Lipinski definition) is 2. The van der Waals surface area contributed by atoms with Gasteiger partial charge in [-0.25, -0.2) is 13.1 Å². The van der Waals surface area contributed by atoms with Crippen molar-refractivity contribution in [1.29, 1.82) is 0 Å². The summed E-state index contributed by atoms with van der Waals surface area (Å²) in [6.45, 7) is 2.27. The first-order valence-corrected chi connectivity index (χ1v) is 10.6. The maximum atomic E-state index is 12.9. The van der Waals surface area contributed by atoms with Crippen molar-refractivity contribution in [3.8, 4) is 0 Å². The van der Waals surface area contributed by atoms with Crippen LogP contribution in [0.1, 0.15) is 44.2 Å². The highest BCUT2D eigenvalue weighted by Gasteiger charge is 2.31. The van der Waals surface area contributed by atoms with Crippen molar-refractivity contribution in [2.75, 3.05) is 0 Å². The van der Waals surface area contributed by atoms with E-state index in [9.17, 15) is 8.42 Å². The molecule has 0 heterocycles. The second-order valence-corrected chi connectivity index (χ2v) is 9.13. The Morgan fingerprint density at radius 3 is 2.16 bits per heavy atom. The summed E-state index contributed by atoms with van der Waals surface area (Å²) in [5.74, 6) is 1.04. The van der Waals surface area contributed by atoms with Gasteiger partial charge in [-0.15, -0.1) is 0 Å². The topological polar surface area (TPSA) is 46.2 Å². The van der Waals surface area contributed by atoms with Crippen molar-refractivity contribution >= 4 is 21.6 Å². The van der Waals surface area contributed by atoms with E-state index in [0.717, 1.165) is 37.2 Å². The smallest absolute Gasteiger partial charge is 0.207 e. The van der Waals surface area contributed by atoms with Crippen LogP contribution in [0.5, 0.6) is 0 Å². The Morgan fingerprint density at radius 1 is 0.960 bits per heavy atom. The molecule has 0 spiro atoms. The van der Waals surface area contributed by atoms with Crippen molar-refractivity contribution in [2.45, 2.75) is 43.5 Å². The Hall–Kier alpha value is -1.36. The minimum absolute atomic E-state index is 0.200. The maximum absolute atomic E-state index is 12.9. The van der Waals surface area contributed by atoms with E-state index in [1.165, 1.54) is 0 Å². The van der Waals surface area contributed by atoms with Crippen LogP contribution < -0.4 is 4.72 Å². The third-order valence-corrected chi connectivity index (χ3v) is 6.81. The molecule has 1 saturated carbocycles. The number of nitrogens with one attached hydrogen (secondary N) is 1. The fourth-order valence-corrected chi connectivity index (χ4v) is 4.98. The lowest BCUT2D eigenvalue weighted by Crippen LogP contribution is -2.35. The summed E-state index contributed by atoms with van der Waals surface area (Å²) in [6, 6.07) is 16.0. The molecule has 2 aromatic rings. The van der Waals surface area contributed by atoms with E-state index in [2.05, 4.69) is 11.6 Å². The normalized spacial score (nSPS) is 22.5. The van der Waals surface area contributed by atoms with Gasteiger partial charge >= 0.3 is 0 Å². The molecule has 1 atom stereocenters. The lowest BCUT2D eigenvalue weighted by atomic mass is 9.78. The average molecular weight is 378 g/mol. The lowest BCUT2D eigenvalue weighted by molar-refractivity contribution is 0.246. The van der Waals surface area contributed by atoms with E-state index in [-0.39, 0.29) is 10.9 Å². The summed E-state index contributed by atoms with van der Waals surface area (Å²) in [5.41, 5.74) is 1.03. The molecular weight excluding hydrogens is 354 g/mol. The molecule has 0 saturated heterocycles. The Morgan fingerprint density at radius 2 is 1.56 bits per heavy atom. The van der Waals surface area contributed by atoms with Crippen molar-refractivity contribution in [2.24, 2.45) is 11.8 Å². The Balaban J connectivity index is 1.88. The molecule has 0 radical (unpaired) electrons. The van der Waals surface area contributed by atoms with Crippen molar-refractivity contribution in [1.82, 2.24) is 4.72 Å². The molecule has 1 unspecified atom stereocenters. The molecule has 3 nitrogen and oxygen atoms in total. The molecule has 25 heavy (non-hydrogen) atoms. The molecule has 3 rings (SSSR count). The van der Waals surface area contributed by atoms with E-state index in [0.29, 0.717) is 10.9 Å². The van der Waals surface area contributed by atoms with Crippen LogP contribution in [0.3, 0.4) is 0 Å². The van der Waals surface area contributed by atoms with Gasteiger partial charge in [0.25, 0.3) is 0 Å². The summed E-state index contributed by atoms with van der Waals surface area (Å²) in [6.07, 6.45) is 4.39. The molecule has 1 fully saturated rings. The molecular formula is C20H24ClNO2S. The van der Waals surface area contributed by atoms with Gasteiger partial charge < -0.3 is 0 Å². The number of rotatable bonds is 5. The number of halogens is 1. The predicted molar refractivity (Wildman–Crippen MR) is 102 cm³/mol. The van der Waals surface area contributed by atoms with Gasteiger partial charge in [-0.1, -0.05) is 61.7 Å². The first kappa shape index (κ1) is 18.4. The molecule has 0 aliphatic heterocycles. The van der Waals surface area contributed by atoms with Crippen LogP contribution in [0.2, 0.25) is 5.02 Å². The van der Waals surface area contributed by atoms with Crippen molar-refractivity contribution in [3.05, 3.63) is 65.2 Å². The van der Waals surface area contributed by atoms with Crippen LogP contribution in [0.15, 0.2) is 59.5 Å². The van der Waals surface area contributed by atoms with E-state index in [1.54, 1.807) is 24.3 Å². The zero-order valence-electron chi connectivity index (χ0n) is 14.4. The minimum Gasteiger partial charge on any atom is -0.207 e. The highest BCUT2D eigenvalue weighted by Crippen LogP contribution is 2.37. The minimum atomic E-state index is -3.60. The standard InChI is InChI=1S/C20H24ClNO2S/c1-15-7-9-17(10-8-15)20(16-5-3-2-4-6-16)22-25(23,24)19-13-11-18(21)12-14-19/h2-6,11-15,17,20,22H,7-10H2,1H3. The second kappa shape index (κ2) is 7.90. The highest BCUT2D eigenvalue weighted by molar-refractivity contribution is 7.89. The first-order valence-electron chi connectivity index (χ1n) is 8.78. The molecule has 134 valence electrons. The molecule has 0 bridgehead atoms. The molecule has 0 amide bonds. The summed E-state index contributed by atoms with van der Waals surface area (Å²) < 4.78 is 28.7. The first-order chi connectivity index (χ1) is 12.0. The number of hydrogen-bond donors (Lipinski definition) is 1. The molecule has 0 aromatic heterocycles. The van der Waals surface area contributed by atoms with Gasteiger partial charge in [0.2, 0.25) is 10.0 Å². The van der Waals surface area contributed by atoms with E-state index in [4.69, 9.17) is 11.6 Å². The van der Waals surface area contributed by atoms with Crippen LogP contribution >= 0.6 is 11.6 Å². The van der Waals surface area contributed by atoms with Crippen LogP contribution in [0.4, 0.5) is 0 Å². The van der Waals surface area contributed by atoms with Gasteiger partial charge in [0.05, 0.1) is 4.90 Å². The van der Waals surface area contributed by atoms with Gasteiger partial charge in [-0.3, -0.25) is 0 Å². The van der Waals surface area contributed by atoms with Gasteiger partial charge in [0, 0.05) is 11.1 Å². The Labute approximate surface area is 155 Å². The Kier molecular flexibility index (Phi) is 5.82. The molecule has 5 heteroatoms. The molecule has 1 N–H and O–H groups in total. The third kappa shape index (κ3) is 4.63. The summed E-state index contributed by atoms with van der Waals surface area (Å²) in [5, 5.41) is 0.528. The van der Waals surface area contributed by atoms with Crippen molar-refractivity contribution < 1.29 is 8.42 Å². The number of sulfonamides is 1. The van der Waals surface area contributed by atoms with E-state index >= 15 is 0 Å². The maximum Gasteiger partial charge on any atom is 0.241 e. The number of benzene rings is 2. The van der Waals surface area contributed by atoms with Crippen LogP contribution in [-0.4, -0.2) is 8.42 Å². The highest BCUT2D eigenvalue weighted by atomic mass is 35.5. The summed E-state index contributed by atoms with van der Waals surface area (Å²) in [4.78, 5) is 0.252. The largest absolute Gasteiger partial charge is 0.241 e. The molecule has 1 aliphatic rings. The van der Waals surface area contributed by atoms with Gasteiger partial charge in [-0.05, 0) is 54.5 Å². The average Bonchev–Trinajstić information content (AvgIpc) is 2.62. The van der Waals surface area contributed by atoms with Gasteiger partial charge in [0.1, 0.15) is 0 Å². The zero-order valence-corrected chi connectivity index (χ0v) is 15.9. The molecule has 2 aromatic carbocycles. The summed E-state index contributed by atoms with van der Waals surface area (Å²) >= 11 is 5.88. The fourth-order valence-electron chi connectivity index (χ4n) is 3.56. The lowest BCUT2D eigenvalue weighted by Gasteiger charge is -2.33. The van der Waals surface area contributed by atoms with Gasteiger partial charge in [-0.2, -0.15) is 0 Å². The Bertz CT molecular complexity index is 782.